The molecule has 0 aliphatic carbocycles. The number of halogens is 2. The van der Waals surface area contributed by atoms with E-state index in [-0.39, 0.29) is 13.0 Å². The maximum absolute atomic E-state index is 12.9. The van der Waals surface area contributed by atoms with Crippen LogP contribution in [-0.4, -0.2) is 59.7 Å². The Labute approximate surface area is 172 Å². The molecule has 1 unspecified atom stereocenters. The highest BCUT2D eigenvalue weighted by Gasteiger charge is 2.39. The van der Waals surface area contributed by atoms with Gasteiger partial charge in [0.25, 0.3) is 5.91 Å². The fourth-order valence-corrected chi connectivity index (χ4v) is 3.29. The highest BCUT2D eigenvalue weighted by Crippen LogP contribution is 2.21. The van der Waals surface area contributed by atoms with E-state index in [0.717, 1.165) is 5.56 Å². The molecule has 29 heavy (non-hydrogen) atoms. The molecule has 1 heterocycles. The first-order chi connectivity index (χ1) is 13.8. The molecule has 0 saturated carbocycles. The Bertz CT molecular complexity index is 855. The minimum Gasteiger partial charge on any atom is -0.466 e. The second kappa shape index (κ2) is 10.2. The zero-order valence-corrected chi connectivity index (χ0v) is 17.0. The van der Waals surface area contributed by atoms with Crippen LogP contribution in [0.3, 0.4) is 0 Å². The Kier molecular flexibility index (Phi) is 8.01. The number of benzene rings is 1. The predicted molar refractivity (Wildman–Crippen MR) is 104 cm³/mol. The number of esters is 1. The van der Waals surface area contributed by atoms with Crippen molar-refractivity contribution in [3.63, 3.8) is 0 Å². The fraction of sp³-hybridized carbons (Fsp3) is 0.450. The van der Waals surface area contributed by atoms with E-state index in [2.05, 4.69) is 5.32 Å². The minimum atomic E-state index is -1.36. The molecule has 1 N–H and O–H groups in total. The minimum absolute atomic E-state index is 0.0973. The summed E-state index contributed by atoms with van der Waals surface area (Å²) in [5.41, 5.74) is 1.19. The molecule has 0 saturated heterocycles. The molecule has 0 bridgehead atoms. The first-order valence-electron chi connectivity index (χ1n) is 9.31. The summed E-state index contributed by atoms with van der Waals surface area (Å²) in [5.74, 6) is -2.71. The molecule has 2 atom stereocenters. The van der Waals surface area contributed by atoms with Gasteiger partial charge in [0.15, 0.2) is 12.0 Å². The highest BCUT2D eigenvalue weighted by molar-refractivity contribution is 6.31. The lowest BCUT2D eigenvalue weighted by molar-refractivity contribution is -0.456. The molecule has 2 rings (SSSR count). The molecule has 1 aromatic rings. The van der Waals surface area contributed by atoms with Crippen molar-refractivity contribution in [1.82, 2.24) is 5.32 Å². The van der Waals surface area contributed by atoms with Gasteiger partial charge in [-0.25, -0.2) is 9.18 Å². The van der Waals surface area contributed by atoms with Crippen molar-refractivity contribution in [3.05, 3.63) is 34.3 Å². The summed E-state index contributed by atoms with van der Waals surface area (Å²) in [5, 5.41) is 2.79. The number of ether oxygens (including phenoxy) is 1. The van der Waals surface area contributed by atoms with Crippen molar-refractivity contribution in [2.75, 3.05) is 13.3 Å². The van der Waals surface area contributed by atoms with E-state index in [9.17, 15) is 23.6 Å². The van der Waals surface area contributed by atoms with Crippen LogP contribution in [0.15, 0.2) is 18.2 Å². The maximum atomic E-state index is 12.9. The molecule has 0 aromatic heterocycles. The first kappa shape index (κ1) is 22.7. The van der Waals surface area contributed by atoms with Crippen LogP contribution < -0.4 is 5.32 Å². The van der Waals surface area contributed by atoms with Crippen molar-refractivity contribution in [3.8, 4) is 0 Å². The van der Waals surface area contributed by atoms with Gasteiger partial charge in [-0.15, -0.1) is 0 Å². The summed E-state index contributed by atoms with van der Waals surface area (Å²) < 4.78 is 18.9. The number of hydrogen-bond donors (Lipinski definition) is 1. The molecule has 1 aliphatic rings. The first-order valence-corrected chi connectivity index (χ1v) is 9.69. The smallest absolute Gasteiger partial charge is 0.420 e. The van der Waals surface area contributed by atoms with Gasteiger partial charge in [-0.3, -0.25) is 14.4 Å². The van der Waals surface area contributed by atoms with Crippen LogP contribution in [-0.2, 0) is 25.5 Å². The molecule has 1 aromatic carbocycles. The van der Waals surface area contributed by atoms with Crippen molar-refractivity contribution in [2.24, 2.45) is 0 Å². The number of nitrogens with zero attached hydrogens (tertiary/aromatic N) is 1. The third-order valence-corrected chi connectivity index (χ3v) is 4.82. The zero-order chi connectivity index (χ0) is 21.6. The van der Waals surface area contributed by atoms with Gasteiger partial charge in [-0.05, 0) is 24.6 Å². The van der Waals surface area contributed by atoms with E-state index in [1.165, 1.54) is 4.58 Å². The summed E-state index contributed by atoms with van der Waals surface area (Å²) in [4.78, 5) is 49.2. The predicted octanol–water partition coefficient (Wildman–Crippen LogP) is 1.87. The van der Waals surface area contributed by atoms with Crippen LogP contribution in [0.25, 0.3) is 0 Å². The van der Waals surface area contributed by atoms with E-state index in [1.807, 2.05) is 0 Å². The largest absolute Gasteiger partial charge is 0.466 e. The van der Waals surface area contributed by atoms with Crippen LogP contribution in [0.1, 0.15) is 42.6 Å². The van der Waals surface area contributed by atoms with Gasteiger partial charge in [-0.1, -0.05) is 24.6 Å². The van der Waals surface area contributed by atoms with Gasteiger partial charge in [0, 0.05) is 11.4 Å². The van der Waals surface area contributed by atoms with Gasteiger partial charge in [0.05, 0.1) is 25.0 Å². The molecule has 7 nitrogen and oxygen atoms in total. The molecule has 1 aliphatic heterocycles. The maximum Gasteiger partial charge on any atom is 0.420 e. The number of alkyl halides is 1. The average molecular weight is 426 g/mol. The third-order valence-electron chi connectivity index (χ3n) is 4.58. The summed E-state index contributed by atoms with van der Waals surface area (Å²) in [7, 11) is 0. The normalized spacial score (nSPS) is 15.0. The van der Waals surface area contributed by atoms with Crippen molar-refractivity contribution in [1.29, 1.82) is 0 Å². The summed E-state index contributed by atoms with van der Waals surface area (Å²) in [6.45, 7) is 2.07. The van der Waals surface area contributed by atoms with Gasteiger partial charge in [-0.2, -0.15) is 4.58 Å². The van der Waals surface area contributed by atoms with E-state index in [4.69, 9.17) is 16.3 Å². The Morgan fingerprint density at radius 1 is 1.31 bits per heavy atom. The number of carbonyl (C=O) groups is 4. The molecular formula is C20H23ClFN2O5+. The highest BCUT2D eigenvalue weighted by atomic mass is 35.5. The van der Waals surface area contributed by atoms with Crippen molar-refractivity contribution < 1.29 is 32.9 Å². The Morgan fingerprint density at radius 3 is 2.66 bits per heavy atom. The number of Topliss-reactive ketones (excluding diaryl/α,β-unsaturated/α-hetero) is 1. The van der Waals surface area contributed by atoms with Crippen LogP contribution in [0, 0.1) is 0 Å². The number of rotatable bonds is 9. The van der Waals surface area contributed by atoms with Crippen LogP contribution in [0.5, 0.6) is 0 Å². The molecule has 0 radical (unpaired) electrons. The van der Waals surface area contributed by atoms with Crippen molar-refractivity contribution in [2.45, 2.75) is 45.2 Å². The molecule has 9 heteroatoms. The zero-order valence-electron chi connectivity index (χ0n) is 16.2. The Hall–Kier alpha value is -2.61. The van der Waals surface area contributed by atoms with Gasteiger partial charge < -0.3 is 10.1 Å². The Balaban J connectivity index is 2.20. The molecule has 0 spiro atoms. The Morgan fingerprint density at radius 2 is 2.03 bits per heavy atom. The van der Waals surface area contributed by atoms with Gasteiger partial charge >= 0.3 is 11.9 Å². The number of ketones is 1. The molecule has 156 valence electrons. The lowest BCUT2D eigenvalue weighted by Gasteiger charge is -2.20. The summed E-state index contributed by atoms with van der Waals surface area (Å²) >= 11 is 5.98. The van der Waals surface area contributed by atoms with E-state index < -0.39 is 48.7 Å². The number of amides is 2. The van der Waals surface area contributed by atoms with E-state index >= 15 is 0 Å². The topological polar surface area (TPSA) is 92.5 Å². The van der Waals surface area contributed by atoms with Gasteiger partial charge in [0.2, 0.25) is 6.04 Å². The quantitative estimate of drug-likeness (QED) is 0.481. The van der Waals surface area contributed by atoms with Crippen LogP contribution in [0.4, 0.5) is 4.39 Å². The lowest BCUT2D eigenvalue weighted by atomic mass is 9.99. The standard InChI is InChI=1S/C20H22ClFN2O5/c1-3-16(19(27)23-15(17(25)11-22)10-18(26)29-4-2)24-8-7-12-5-6-13(21)9-14(12)20(24)28/h5-6,8-9,15-16H,3-4,7,10-11H2,1-2H3/p+1/t15?,16-/m0/s1. The SMILES string of the molecule is CCOC(=O)CC(NC(=O)[C@H](CC)[N+]1=CCc2ccc(Cl)cc2C1=O)C(=O)CF. The second-order valence-electron chi connectivity index (χ2n) is 6.49. The number of fused-ring (bicyclic) bond motifs is 1. The monoisotopic (exact) mass is 425 g/mol. The number of nitrogens with one attached hydrogen (secondary N) is 1. The molecule has 2 amide bonds. The summed E-state index contributed by atoms with van der Waals surface area (Å²) in [6.07, 6.45) is 1.80. The molecule has 0 fully saturated rings. The third kappa shape index (κ3) is 5.47. The lowest BCUT2D eigenvalue weighted by Crippen LogP contribution is -2.52. The number of carbonyl (C=O) groups excluding carboxylic acids is 4. The summed E-state index contributed by atoms with van der Waals surface area (Å²) in [6, 6.07) is 2.69. The van der Waals surface area contributed by atoms with E-state index in [0.29, 0.717) is 17.0 Å². The van der Waals surface area contributed by atoms with Gasteiger partial charge in [0.1, 0.15) is 12.7 Å². The van der Waals surface area contributed by atoms with E-state index in [1.54, 1.807) is 38.3 Å². The second-order valence-corrected chi connectivity index (χ2v) is 6.93. The fourth-order valence-electron chi connectivity index (χ4n) is 3.11. The number of hydrogen-bond acceptors (Lipinski definition) is 5. The van der Waals surface area contributed by atoms with Crippen molar-refractivity contribution >= 4 is 41.4 Å². The van der Waals surface area contributed by atoms with Crippen LogP contribution >= 0.6 is 11.6 Å². The average Bonchev–Trinajstić information content (AvgIpc) is 2.69. The molecular weight excluding hydrogens is 403 g/mol. The van der Waals surface area contributed by atoms with Crippen LogP contribution in [0.2, 0.25) is 5.02 Å².